The van der Waals surface area contributed by atoms with Crippen molar-refractivity contribution in [2.75, 3.05) is 31.6 Å². The molecule has 0 aliphatic heterocycles. The zero-order valence-electron chi connectivity index (χ0n) is 16.1. The minimum absolute atomic E-state index is 0.0237. The Kier molecular flexibility index (Phi) is 8.17. The van der Waals surface area contributed by atoms with Crippen LogP contribution in [0.15, 0.2) is 54.6 Å². The quantitative estimate of drug-likeness (QED) is 0.732. The summed E-state index contributed by atoms with van der Waals surface area (Å²) in [5.74, 6) is -0.757. The van der Waals surface area contributed by atoms with Gasteiger partial charge in [-0.2, -0.15) is 0 Å². The number of rotatable bonds is 8. The molecule has 28 heavy (non-hydrogen) atoms. The van der Waals surface area contributed by atoms with Gasteiger partial charge in [-0.3, -0.25) is 19.8 Å². The van der Waals surface area contributed by atoms with Gasteiger partial charge < -0.3 is 10.1 Å². The summed E-state index contributed by atoms with van der Waals surface area (Å²) in [4.78, 5) is 37.3. The summed E-state index contributed by atoms with van der Waals surface area (Å²) in [5, 5.41) is 5.03. The number of alkyl carbamates (subject to hydrolysis) is 1. The van der Waals surface area contributed by atoms with Crippen LogP contribution < -0.4 is 10.6 Å². The Morgan fingerprint density at radius 1 is 0.893 bits per heavy atom. The Bertz CT molecular complexity index is 808. The summed E-state index contributed by atoms with van der Waals surface area (Å²) in [6, 6.07) is 17.3. The first kappa shape index (κ1) is 21.1. The third-order valence-electron chi connectivity index (χ3n) is 3.98. The molecule has 0 fully saturated rings. The molecule has 0 aliphatic carbocycles. The van der Waals surface area contributed by atoms with E-state index in [0.29, 0.717) is 12.2 Å². The van der Waals surface area contributed by atoms with Crippen molar-refractivity contribution in [1.29, 1.82) is 0 Å². The molecule has 0 unspecified atom stereocenters. The molecule has 0 aromatic heterocycles. The number of hydrogen-bond acceptors (Lipinski definition) is 5. The molecule has 0 saturated heterocycles. The number of carbonyl (C=O) groups is 3. The smallest absolute Gasteiger partial charge is 0.413 e. The van der Waals surface area contributed by atoms with Gasteiger partial charge in [-0.15, -0.1) is 0 Å². The first-order valence-corrected chi connectivity index (χ1v) is 9.16. The molecule has 0 spiro atoms. The molecule has 2 aromatic rings. The number of carbonyl (C=O) groups excluding carboxylic acids is 3. The third kappa shape index (κ3) is 6.51. The fraction of sp³-hybridized carbons (Fsp3) is 0.286. The lowest BCUT2D eigenvalue weighted by Crippen LogP contribution is -2.43. The molecule has 7 heteroatoms. The van der Waals surface area contributed by atoms with Gasteiger partial charge in [0.1, 0.15) is 0 Å². The van der Waals surface area contributed by atoms with Crippen LogP contribution in [0.2, 0.25) is 0 Å². The number of nitrogens with one attached hydrogen (secondary N) is 2. The maximum absolute atomic E-state index is 12.5. The molecule has 0 bridgehead atoms. The largest absolute Gasteiger partial charge is 0.450 e. The number of benzene rings is 2. The van der Waals surface area contributed by atoms with E-state index in [1.807, 2.05) is 61.5 Å². The molecule has 3 amide bonds. The van der Waals surface area contributed by atoms with Crippen molar-refractivity contribution in [3.8, 4) is 11.1 Å². The number of imide groups is 1. The summed E-state index contributed by atoms with van der Waals surface area (Å²) in [7, 11) is 0. The van der Waals surface area contributed by atoms with Gasteiger partial charge in [-0.05, 0) is 25.1 Å². The highest BCUT2D eigenvalue weighted by molar-refractivity contribution is 5.97. The van der Waals surface area contributed by atoms with Crippen LogP contribution in [-0.2, 0) is 14.3 Å². The van der Waals surface area contributed by atoms with Gasteiger partial charge in [0.05, 0.1) is 19.7 Å². The van der Waals surface area contributed by atoms with Crippen molar-refractivity contribution < 1.29 is 19.1 Å². The third-order valence-corrected chi connectivity index (χ3v) is 3.98. The maximum atomic E-state index is 12.5. The van der Waals surface area contributed by atoms with E-state index < -0.39 is 12.0 Å². The topological polar surface area (TPSA) is 87.7 Å². The fourth-order valence-electron chi connectivity index (χ4n) is 2.66. The van der Waals surface area contributed by atoms with E-state index in [-0.39, 0.29) is 25.6 Å². The number of amides is 3. The van der Waals surface area contributed by atoms with Crippen molar-refractivity contribution in [2.45, 2.75) is 13.8 Å². The Labute approximate surface area is 164 Å². The van der Waals surface area contributed by atoms with E-state index in [4.69, 9.17) is 0 Å². The second kappa shape index (κ2) is 10.8. The highest BCUT2D eigenvalue weighted by Crippen LogP contribution is 2.27. The Morgan fingerprint density at radius 3 is 2.21 bits per heavy atom. The second-order valence-electron chi connectivity index (χ2n) is 6.03. The average Bonchev–Trinajstić information content (AvgIpc) is 2.68. The lowest BCUT2D eigenvalue weighted by Gasteiger charge is -2.19. The summed E-state index contributed by atoms with van der Waals surface area (Å²) < 4.78 is 4.67. The number of anilines is 1. The summed E-state index contributed by atoms with van der Waals surface area (Å²) in [6.45, 7) is 4.09. The van der Waals surface area contributed by atoms with Crippen molar-refractivity contribution in [1.82, 2.24) is 10.2 Å². The molecule has 148 valence electrons. The predicted octanol–water partition coefficient (Wildman–Crippen LogP) is 2.89. The fourth-order valence-corrected chi connectivity index (χ4v) is 2.66. The molecule has 2 aromatic carbocycles. The van der Waals surface area contributed by atoms with E-state index in [0.717, 1.165) is 11.1 Å². The monoisotopic (exact) mass is 383 g/mol. The lowest BCUT2D eigenvalue weighted by molar-refractivity contribution is -0.122. The zero-order chi connectivity index (χ0) is 20.4. The van der Waals surface area contributed by atoms with Crippen molar-refractivity contribution in [3.63, 3.8) is 0 Å². The molecule has 0 aliphatic rings. The zero-order valence-corrected chi connectivity index (χ0v) is 16.1. The van der Waals surface area contributed by atoms with Crippen LogP contribution in [0.1, 0.15) is 13.8 Å². The number of para-hydroxylation sites is 1. The van der Waals surface area contributed by atoms with E-state index in [1.165, 1.54) is 0 Å². The van der Waals surface area contributed by atoms with Crippen LogP contribution in [0.25, 0.3) is 11.1 Å². The van der Waals surface area contributed by atoms with Crippen LogP contribution in [0.5, 0.6) is 0 Å². The Balaban J connectivity index is 1.97. The molecule has 0 atom stereocenters. The Morgan fingerprint density at radius 2 is 1.54 bits per heavy atom. The van der Waals surface area contributed by atoms with Crippen LogP contribution >= 0.6 is 0 Å². The number of hydrogen-bond donors (Lipinski definition) is 2. The molecule has 0 saturated carbocycles. The normalized spacial score (nSPS) is 10.4. The molecular weight excluding hydrogens is 358 g/mol. The van der Waals surface area contributed by atoms with Crippen LogP contribution in [0.4, 0.5) is 10.5 Å². The minimum atomic E-state index is -0.787. The SMILES string of the molecule is CCOC(=O)NC(=O)CN(CC)CC(=O)Nc1ccccc1-c1ccccc1. The molecule has 2 N–H and O–H groups in total. The number of nitrogens with zero attached hydrogens (tertiary/aromatic N) is 1. The number of ether oxygens (including phenoxy) is 1. The molecule has 2 rings (SSSR count). The van der Waals surface area contributed by atoms with Crippen molar-refractivity contribution >= 4 is 23.6 Å². The van der Waals surface area contributed by atoms with E-state index in [2.05, 4.69) is 15.4 Å². The average molecular weight is 383 g/mol. The van der Waals surface area contributed by atoms with Gasteiger partial charge in [-0.25, -0.2) is 4.79 Å². The van der Waals surface area contributed by atoms with Crippen LogP contribution in [0.3, 0.4) is 0 Å². The van der Waals surface area contributed by atoms with Crippen LogP contribution in [-0.4, -0.2) is 49.0 Å². The summed E-state index contributed by atoms with van der Waals surface area (Å²) in [6.07, 6.45) is -0.787. The predicted molar refractivity (Wildman–Crippen MR) is 108 cm³/mol. The van der Waals surface area contributed by atoms with Gasteiger partial charge in [0, 0.05) is 11.3 Å². The van der Waals surface area contributed by atoms with E-state index in [9.17, 15) is 14.4 Å². The minimum Gasteiger partial charge on any atom is -0.450 e. The van der Waals surface area contributed by atoms with Crippen LogP contribution in [0, 0.1) is 0 Å². The Hall–Kier alpha value is -3.19. The number of likely N-dealkylation sites (N-methyl/N-ethyl adjacent to an activating group) is 1. The van der Waals surface area contributed by atoms with Gasteiger partial charge in [0.15, 0.2) is 0 Å². The molecule has 0 radical (unpaired) electrons. The lowest BCUT2D eigenvalue weighted by atomic mass is 10.0. The first-order valence-electron chi connectivity index (χ1n) is 9.16. The summed E-state index contributed by atoms with van der Waals surface area (Å²) in [5.41, 5.74) is 2.62. The first-order chi connectivity index (χ1) is 13.5. The highest BCUT2D eigenvalue weighted by atomic mass is 16.5. The highest BCUT2D eigenvalue weighted by Gasteiger charge is 2.16. The van der Waals surface area contributed by atoms with Gasteiger partial charge >= 0.3 is 6.09 Å². The molecule has 7 nitrogen and oxygen atoms in total. The van der Waals surface area contributed by atoms with E-state index >= 15 is 0 Å². The molecular formula is C21H25N3O4. The van der Waals surface area contributed by atoms with Gasteiger partial charge in [0.2, 0.25) is 11.8 Å². The standard InChI is InChI=1S/C21H25N3O4/c1-3-24(15-20(26)23-21(27)28-4-2)14-19(25)22-18-13-9-8-12-17(18)16-10-6-5-7-11-16/h5-13H,3-4,14-15H2,1-2H3,(H,22,25)(H,23,26,27). The van der Waals surface area contributed by atoms with E-state index in [1.54, 1.807) is 11.8 Å². The second-order valence-corrected chi connectivity index (χ2v) is 6.03. The summed E-state index contributed by atoms with van der Waals surface area (Å²) >= 11 is 0. The molecule has 0 heterocycles. The maximum Gasteiger partial charge on any atom is 0.413 e. The van der Waals surface area contributed by atoms with Crippen molar-refractivity contribution in [3.05, 3.63) is 54.6 Å². The van der Waals surface area contributed by atoms with Gasteiger partial charge in [0.25, 0.3) is 0 Å². The van der Waals surface area contributed by atoms with Gasteiger partial charge in [-0.1, -0.05) is 55.5 Å². The van der Waals surface area contributed by atoms with Crippen molar-refractivity contribution in [2.24, 2.45) is 0 Å².